The highest BCUT2D eigenvalue weighted by atomic mass is 32.1. The Bertz CT molecular complexity index is 735. The minimum atomic E-state index is -0.274. The van der Waals surface area contributed by atoms with Crippen molar-refractivity contribution in [2.24, 2.45) is 5.92 Å². The molecule has 0 unspecified atom stereocenters. The van der Waals surface area contributed by atoms with Gasteiger partial charge in [0.05, 0.1) is 6.20 Å². The molecule has 6 heteroatoms. The first-order valence-electron chi connectivity index (χ1n) is 8.38. The van der Waals surface area contributed by atoms with Gasteiger partial charge in [-0.05, 0) is 63.0 Å². The number of piperidine rings is 3. The van der Waals surface area contributed by atoms with Crippen LogP contribution in [0.25, 0.3) is 10.6 Å². The number of amides is 1. The van der Waals surface area contributed by atoms with Crippen molar-refractivity contribution in [3.05, 3.63) is 41.2 Å². The average molecular weight is 345 g/mol. The van der Waals surface area contributed by atoms with Crippen LogP contribution in [0.1, 0.15) is 29.4 Å². The van der Waals surface area contributed by atoms with Crippen LogP contribution in [0.5, 0.6) is 0 Å². The van der Waals surface area contributed by atoms with Gasteiger partial charge in [-0.1, -0.05) is 0 Å². The lowest BCUT2D eigenvalue weighted by atomic mass is 9.79. The summed E-state index contributed by atoms with van der Waals surface area (Å²) in [7, 11) is 0. The van der Waals surface area contributed by atoms with Crippen molar-refractivity contribution in [1.29, 1.82) is 0 Å². The predicted octanol–water partition coefficient (Wildman–Crippen LogP) is 3.16. The number of rotatable bonds is 3. The Hall–Kier alpha value is -1.79. The summed E-state index contributed by atoms with van der Waals surface area (Å²) in [6.45, 7) is 4.49. The number of thiazole rings is 1. The molecule has 2 bridgehead atoms. The van der Waals surface area contributed by atoms with Gasteiger partial charge in [0.1, 0.15) is 15.7 Å². The smallest absolute Gasteiger partial charge is 0.263 e. The highest BCUT2D eigenvalue weighted by Crippen LogP contribution is 2.32. The number of aromatic nitrogens is 1. The molecule has 0 spiro atoms. The SMILES string of the molecule is C[C@H]1[C@H](NC(=O)c2cnc(-c3ccc(F)cc3)s2)C2CCN1CC2. The Balaban J connectivity index is 1.48. The van der Waals surface area contributed by atoms with Gasteiger partial charge in [-0.2, -0.15) is 0 Å². The van der Waals surface area contributed by atoms with Gasteiger partial charge in [-0.25, -0.2) is 9.37 Å². The first-order chi connectivity index (χ1) is 11.6. The molecule has 126 valence electrons. The average Bonchev–Trinajstić information content (AvgIpc) is 3.09. The Morgan fingerprint density at radius 1 is 1.29 bits per heavy atom. The van der Waals surface area contributed by atoms with E-state index in [0.717, 1.165) is 23.7 Å². The minimum Gasteiger partial charge on any atom is -0.347 e. The van der Waals surface area contributed by atoms with Crippen LogP contribution in [-0.2, 0) is 0 Å². The molecule has 4 nitrogen and oxygen atoms in total. The molecular formula is C18H20FN3OS. The molecule has 3 fully saturated rings. The third-order valence-corrected chi connectivity index (χ3v) is 6.34. The van der Waals surface area contributed by atoms with Crippen molar-refractivity contribution in [1.82, 2.24) is 15.2 Å². The largest absolute Gasteiger partial charge is 0.347 e. The molecule has 1 aromatic heterocycles. The number of hydrogen-bond acceptors (Lipinski definition) is 4. The van der Waals surface area contributed by atoms with Gasteiger partial charge in [0.15, 0.2) is 0 Å². The van der Waals surface area contributed by atoms with Gasteiger partial charge >= 0.3 is 0 Å². The van der Waals surface area contributed by atoms with Crippen LogP contribution in [-0.4, -0.2) is 41.0 Å². The molecule has 24 heavy (non-hydrogen) atoms. The van der Waals surface area contributed by atoms with Crippen LogP contribution in [0.15, 0.2) is 30.5 Å². The molecular weight excluding hydrogens is 325 g/mol. The molecule has 0 aliphatic carbocycles. The second-order valence-electron chi connectivity index (χ2n) is 6.65. The fourth-order valence-electron chi connectivity index (χ4n) is 3.87. The van der Waals surface area contributed by atoms with Crippen molar-refractivity contribution in [2.75, 3.05) is 13.1 Å². The van der Waals surface area contributed by atoms with Crippen molar-refractivity contribution in [3.8, 4) is 10.6 Å². The van der Waals surface area contributed by atoms with E-state index in [2.05, 4.69) is 22.1 Å². The van der Waals surface area contributed by atoms with Gasteiger partial charge < -0.3 is 5.32 Å². The van der Waals surface area contributed by atoms with Crippen LogP contribution in [0, 0.1) is 11.7 Å². The van der Waals surface area contributed by atoms with Gasteiger partial charge in [-0.3, -0.25) is 9.69 Å². The van der Waals surface area contributed by atoms with Crippen LogP contribution in [0.4, 0.5) is 4.39 Å². The van der Waals surface area contributed by atoms with Crippen LogP contribution < -0.4 is 5.32 Å². The van der Waals surface area contributed by atoms with E-state index in [1.54, 1.807) is 18.3 Å². The summed E-state index contributed by atoms with van der Waals surface area (Å²) in [5.41, 5.74) is 0.830. The maximum atomic E-state index is 13.0. The second kappa shape index (κ2) is 6.26. The lowest BCUT2D eigenvalue weighted by Crippen LogP contribution is -2.62. The summed E-state index contributed by atoms with van der Waals surface area (Å²) in [5, 5.41) is 3.96. The highest BCUT2D eigenvalue weighted by molar-refractivity contribution is 7.16. The zero-order valence-corrected chi connectivity index (χ0v) is 14.4. The fraction of sp³-hybridized carbons (Fsp3) is 0.444. The van der Waals surface area contributed by atoms with Crippen LogP contribution in [0.3, 0.4) is 0 Å². The number of nitrogens with one attached hydrogen (secondary N) is 1. The lowest BCUT2D eigenvalue weighted by Gasteiger charge is -2.49. The first kappa shape index (κ1) is 15.7. The molecule has 0 radical (unpaired) electrons. The highest BCUT2D eigenvalue weighted by Gasteiger charge is 2.40. The number of carbonyl (C=O) groups is 1. The molecule has 5 rings (SSSR count). The normalized spacial score (nSPS) is 28.8. The molecule has 3 aliphatic heterocycles. The maximum Gasteiger partial charge on any atom is 0.263 e. The second-order valence-corrected chi connectivity index (χ2v) is 7.68. The molecule has 0 saturated carbocycles. The van der Waals surface area contributed by atoms with Crippen LogP contribution >= 0.6 is 11.3 Å². The van der Waals surface area contributed by atoms with Crippen LogP contribution in [0.2, 0.25) is 0 Å². The Labute approximate surface area is 144 Å². The number of halogens is 1. The van der Waals surface area contributed by atoms with E-state index in [0.29, 0.717) is 16.8 Å². The summed E-state index contributed by atoms with van der Waals surface area (Å²) >= 11 is 1.35. The van der Waals surface area contributed by atoms with Gasteiger partial charge in [-0.15, -0.1) is 11.3 Å². The van der Waals surface area contributed by atoms with E-state index in [-0.39, 0.29) is 17.8 Å². The molecule has 2 atom stereocenters. The number of carbonyl (C=O) groups excluding carboxylic acids is 1. The van der Waals surface area contributed by atoms with Crippen molar-refractivity contribution < 1.29 is 9.18 Å². The van der Waals surface area contributed by atoms with E-state index in [1.165, 1.54) is 36.3 Å². The molecule has 3 saturated heterocycles. The van der Waals surface area contributed by atoms with Crippen molar-refractivity contribution >= 4 is 17.2 Å². The molecule has 1 N–H and O–H groups in total. The predicted molar refractivity (Wildman–Crippen MR) is 92.5 cm³/mol. The zero-order chi connectivity index (χ0) is 16.7. The summed E-state index contributed by atoms with van der Waals surface area (Å²) in [4.78, 5) is 20.0. The molecule has 2 aromatic rings. The fourth-order valence-corrected chi connectivity index (χ4v) is 4.70. The van der Waals surface area contributed by atoms with Gasteiger partial charge in [0.2, 0.25) is 0 Å². The maximum absolute atomic E-state index is 13.0. The Morgan fingerprint density at radius 2 is 2.00 bits per heavy atom. The summed E-state index contributed by atoms with van der Waals surface area (Å²) in [5.74, 6) is 0.259. The summed E-state index contributed by atoms with van der Waals surface area (Å²) in [6, 6.07) is 6.80. The van der Waals surface area contributed by atoms with Crippen molar-refractivity contribution in [3.63, 3.8) is 0 Å². The monoisotopic (exact) mass is 345 g/mol. The number of fused-ring (bicyclic) bond motifs is 3. The molecule has 3 aliphatic rings. The molecule has 1 aromatic carbocycles. The molecule has 4 heterocycles. The number of nitrogens with zero attached hydrogens (tertiary/aromatic N) is 2. The summed E-state index contributed by atoms with van der Waals surface area (Å²) in [6.07, 6.45) is 3.95. The topological polar surface area (TPSA) is 45.2 Å². The van der Waals surface area contributed by atoms with Crippen molar-refractivity contribution in [2.45, 2.75) is 31.8 Å². The van der Waals surface area contributed by atoms with E-state index < -0.39 is 0 Å². The van der Waals surface area contributed by atoms with Gasteiger partial charge in [0.25, 0.3) is 5.91 Å². The standard InChI is InChI=1S/C18H20FN3OS/c1-11-16(12-6-8-22(11)9-7-12)21-17(23)15-10-20-18(24-15)13-2-4-14(19)5-3-13/h2-5,10-12,16H,6-9H2,1H3,(H,21,23)/t11-,16-/m0/s1. The minimum absolute atomic E-state index is 0.0496. The van der Waals surface area contributed by atoms with E-state index in [4.69, 9.17) is 0 Å². The van der Waals surface area contributed by atoms with Gasteiger partial charge in [0, 0.05) is 17.6 Å². The first-order valence-corrected chi connectivity index (χ1v) is 9.20. The number of hydrogen-bond donors (Lipinski definition) is 1. The quantitative estimate of drug-likeness (QED) is 0.929. The lowest BCUT2D eigenvalue weighted by molar-refractivity contribution is 0.0218. The zero-order valence-electron chi connectivity index (χ0n) is 13.5. The molecule has 1 amide bonds. The number of benzene rings is 1. The Morgan fingerprint density at radius 3 is 2.67 bits per heavy atom. The van der Waals surface area contributed by atoms with E-state index in [9.17, 15) is 9.18 Å². The third kappa shape index (κ3) is 2.84. The Kier molecular flexibility index (Phi) is 4.10. The summed E-state index contributed by atoms with van der Waals surface area (Å²) < 4.78 is 13.0. The van der Waals surface area contributed by atoms with E-state index >= 15 is 0 Å². The van der Waals surface area contributed by atoms with E-state index in [1.807, 2.05) is 0 Å². The third-order valence-electron chi connectivity index (χ3n) is 5.30.